The van der Waals surface area contributed by atoms with Gasteiger partial charge in [0.1, 0.15) is 5.82 Å². The molecular formula is C9H14ClN3OS. The third-order valence-electron chi connectivity index (χ3n) is 1.83. The lowest BCUT2D eigenvalue weighted by Gasteiger charge is -2.09. The highest BCUT2D eigenvalue weighted by Gasteiger charge is 2.06. The Balaban J connectivity index is 2.66. The number of halogens is 1. The van der Waals surface area contributed by atoms with Gasteiger partial charge >= 0.3 is 0 Å². The molecule has 6 heteroatoms. The molecule has 0 aliphatic rings. The summed E-state index contributed by atoms with van der Waals surface area (Å²) in [5.74, 6) is 6.50. The van der Waals surface area contributed by atoms with Crippen LogP contribution < -0.4 is 11.3 Å². The lowest BCUT2D eigenvalue weighted by Crippen LogP contribution is -2.09. The van der Waals surface area contributed by atoms with Crippen LogP contribution in [0.1, 0.15) is 12.6 Å². The van der Waals surface area contributed by atoms with E-state index in [2.05, 4.69) is 10.4 Å². The van der Waals surface area contributed by atoms with E-state index in [1.54, 1.807) is 23.9 Å². The topological polar surface area (TPSA) is 71.2 Å². The van der Waals surface area contributed by atoms with Crippen LogP contribution in [-0.4, -0.2) is 21.9 Å². The Labute approximate surface area is 98.2 Å². The van der Waals surface area contributed by atoms with E-state index in [1.807, 2.05) is 6.92 Å². The molecule has 0 amide bonds. The summed E-state index contributed by atoms with van der Waals surface area (Å²) in [6.45, 7) is 2.10. The van der Waals surface area contributed by atoms with Crippen LogP contribution >= 0.6 is 23.4 Å². The quantitative estimate of drug-likeness (QED) is 0.545. The fourth-order valence-electron chi connectivity index (χ4n) is 0.940. The number of nitrogen functional groups attached to an aromatic ring is 1. The molecule has 1 aromatic heterocycles. The van der Waals surface area contributed by atoms with Crippen LogP contribution in [0.15, 0.2) is 12.1 Å². The molecule has 1 aromatic rings. The second kappa shape index (κ2) is 6.17. The van der Waals surface area contributed by atoms with Gasteiger partial charge in [-0.1, -0.05) is 18.5 Å². The molecule has 0 aliphatic heterocycles. The molecule has 0 aliphatic carbocycles. The molecule has 0 aromatic carbocycles. The van der Waals surface area contributed by atoms with Crippen molar-refractivity contribution in [3.8, 4) is 0 Å². The van der Waals surface area contributed by atoms with Crippen LogP contribution in [0.4, 0.5) is 5.82 Å². The summed E-state index contributed by atoms with van der Waals surface area (Å²) in [5, 5.41) is 9.67. The fourth-order valence-corrected chi connectivity index (χ4v) is 1.96. The van der Waals surface area contributed by atoms with Crippen molar-refractivity contribution < 1.29 is 5.11 Å². The normalized spacial score (nSPS) is 12.5. The van der Waals surface area contributed by atoms with E-state index >= 15 is 0 Å². The number of aliphatic hydroxyl groups is 1. The number of hydrogen-bond donors (Lipinski definition) is 3. The highest BCUT2D eigenvalue weighted by Crippen LogP contribution is 2.23. The van der Waals surface area contributed by atoms with E-state index in [0.29, 0.717) is 16.6 Å². The van der Waals surface area contributed by atoms with Gasteiger partial charge in [0, 0.05) is 11.0 Å². The molecule has 1 atom stereocenters. The molecule has 1 heterocycles. The Kier molecular flexibility index (Phi) is 5.17. The number of nitrogens with one attached hydrogen (secondary N) is 1. The molecule has 1 unspecified atom stereocenters. The van der Waals surface area contributed by atoms with E-state index < -0.39 is 0 Å². The second-order valence-corrected chi connectivity index (χ2v) is 4.91. The maximum atomic E-state index is 8.88. The van der Waals surface area contributed by atoms with Crippen molar-refractivity contribution in [3.63, 3.8) is 0 Å². The van der Waals surface area contributed by atoms with Gasteiger partial charge in [-0.15, -0.1) is 11.8 Å². The summed E-state index contributed by atoms with van der Waals surface area (Å²) in [7, 11) is 0. The number of aromatic nitrogens is 1. The minimum Gasteiger partial charge on any atom is -0.395 e. The monoisotopic (exact) mass is 247 g/mol. The summed E-state index contributed by atoms with van der Waals surface area (Å²) in [5.41, 5.74) is 3.24. The van der Waals surface area contributed by atoms with Gasteiger partial charge in [0.2, 0.25) is 0 Å². The predicted molar refractivity (Wildman–Crippen MR) is 64.9 cm³/mol. The lowest BCUT2D eigenvalue weighted by molar-refractivity contribution is 0.300. The van der Waals surface area contributed by atoms with Crippen molar-refractivity contribution >= 4 is 29.2 Å². The van der Waals surface area contributed by atoms with Crippen molar-refractivity contribution in [3.05, 3.63) is 22.8 Å². The van der Waals surface area contributed by atoms with Gasteiger partial charge in [0.05, 0.1) is 17.3 Å². The van der Waals surface area contributed by atoms with Crippen molar-refractivity contribution in [2.24, 2.45) is 5.84 Å². The first-order chi connectivity index (χ1) is 7.17. The Morgan fingerprint density at radius 3 is 3.00 bits per heavy atom. The Morgan fingerprint density at radius 2 is 2.40 bits per heavy atom. The molecular weight excluding hydrogens is 234 g/mol. The van der Waals surface area contributed by atoms with Crippen molar-refractivity contribution in [1.82, 2.24) is 4.98 Å². The molecule has 84 valence electrons. The molecule has 1 rings (SSSR count). The van der Waals surface area contributed by atoms with E-state index in [9.17, 15) is 0 Å². The number of nitrogens with zero attached hydrogens (tertiary/aromatic N) is 1. The van der Waals surface area contributed by atoms with Gasteiger partial charge < -0.3 is 10.5 Å². The van der Waals surface area contributed by atoms with Crippen LogP contribution in [0, 0.1) is 0 Å². The highest BCUT2D eigenvalue weighted by molar-refractivity contribution is 7.99. The predicted octanol–water partition coefficient (Wildman–Crippen LogP) is 1.63. The summed E-state index contributed by atoms with van der Waals surface area (Å²) in [6.07, 6.45) is 0. The molecule has 0 saturated heterocycles. The van der Waals surface area contributed by atoms with Crippen LogP contribution in [-0.2, 0) is 5.75 Å². The van der Waals surface area contributed by atoms with Gasteiger partial charge in [0.25, 0.3) is 0 Å². The number of anilines is 1. The van der Waals surface area contributed by atoms with E-state index in [0.717, 1.165) is 5.69 Å². The fraction of sp³-hybridized carbons (Fsp3) is 0.444. The maximum Gasteiger partial charge on any atom is 0.140 e. The van der Waals surface area contributed by atoms with E-state index in [4.69, 9.17) is 22.6 Å². The largest absolute Gasteiger partial charge is 0.395 e. The van der Waals surface area contributed by atoms with Gasteiger partial charge in [0.15, 0.2) is 0 Å². The van der Waals surface area contributed by atoms with E-state index in [1.165, 1.54) is 0 Å². The smallest absolute Gasteiger partial charge is 0.140 e. The van der Waals surface area contributed by atoms with Crippen LogP contribution in [0.3, 0.4) is 0 Å². The van der Waals surface area contributed by atoms with Gasteiger partial charge in [-0.05, 0) is 12.1 Å². The van der Waals surface area contributed by atoms with Crippen LogP contribution in [0.5, 0.6) is 0 Å². The number of aliphatic hydroxyl groups excluding tert-OH is 1. The molecule has 0 fully saturated rings. The first-order valence-corrected chi connectivity index (χ1v) is 5.94. The second-order valence-electron chi connectivity index (χ2n) is 3.07. The van der Waals surface area contributed by atoms with Crippen molar-refractivity contribution in [2.45, 2.75) is 17.9 Å². The first kappa shape index (κ1) is 12.6. The number of thioether (sulfide) groups is 1. The molecule has 4 nitrogen and oxygen atoms in total. The Bertz CT molecular complexity index is 324. The summed E-state index contributed by atoms with van der Waals surface area (Å²) in [6, 6.07) is 3.47. The number of hydrogen-bond acceptors (Lipinski definition) is 5. The van der Waals surface area contributed by atoms with Gasteiger partial charge in [-0.3, -0.25) is 0 Å². The Morgan fingerprint density at radius 1 is 1.67 bits per heavy atom. The standard InChI is InChI=1S/C9H14ClN3OS/c1-6(4-14)15-5-8-7(10)2-3-9(12-8)13-11/h2-3,6,14H,4-5,11H2,1H3,(H,12,13). The van der Waals surface area contributed by atoms with Gasteiger partial charge in [-0.25, -0.2) is 10.8 Å². The van der Waals surface area contributed by atoms with E-state index in [-0.39, 0.29) is 11.9 Å². The average molecular weight is 248 g/mol. The zero-order chi connectivity index (χ0) is 11.3. The summed E-state index contributed by atoms with van der Waals surface area (Å²) >= 11 is 7.57. The summed E-state index contributed by atoms with van der Waals surface area (Å²) in [4.78, 5) is 4.23. The number of pyridine rings is 1. The van der Waals surface area contributed by atoms with Gasteiger partial charge in [-0.2, -0.15) is 0 Å². The SMILES string of the molecule is CC(CO)SCc1nc(NN)ccc1Cl. The Hall–Kier alpha value is -0.490. The highest BCUT2D eigenvalue weighted by atomic mass is 35.5. The zero-order valence-electron chi connectivity index (χ0n) is 8.40. The van der Waals surface area contributed by atoms with Crippen molar-refractivity contribution in [1.29, 1.82) is 0 Å². The summed E-state index contributed by atoms with van der Waals surface area (Å²) < 4.78 is 0. The van der Waals surface area contributed by atoms with Crippen molar-refractivity contribution in [2.75, 3.05) is 12.0 Å². The zero-order valence-corrected chi connectivity index (χ0v) is 9.98. The minimum absolute atomic E-state index is 0.150. The average Bonchev–Trinajstić information content (AvgIpc) is 2.27. The molecule has 4 N–H and O–H groups in total. The third kappa shape index (κ3) is 3.87. The lowest BCUT2D eigenvalue weighted by atomic mass is 10.4. The minimum atomic E-state index is 0.150. The third-order valence-corrected chi connectivity index (χ3v) is 3.33. The molecule has 15 heavy (non-hydrogen) atoms. The number of rotatable bonds is 5. The molecule has 0 spiro atoms. The number of hydrazine groups is 1. The number of nitrogens with two attached hydrogens (primary N) is 1. The van der Waals surface area contributed by atoms with Crippen LogP contribution in [0.2, 0.25) is 5.02 Å². The molecule has 0 saturated carbocycles. The molecule has 0 radical (unpaired) electrons. The maximum absolute atomic E-state index is 8.88. The first-order valence-electron chi connectivity index (χ1n) is 4.52. The molecule has 0 bridgehead atoms. The van der Waals surface area contributed by atoms with Crippen LogP contribution in [0.25, 0.3) is 0 Å².